The Morgan fingerprint density at radius 1 is 0.443 bits per heavy atom. The van der Waals surface area contributed by atoms with Gasteiger partial charge in [-0.3, -0.25) is 0 Å². The molecule has 2 aromatic heterocycles. The number of furan rings is 1. The third-order valence-corrected chi connectivity index (χ3v) is 13.5. The summed E-state index contributed by atoms with van der Waals surface area (Å²) in [5.74, 6) is 0. The maximum atomic E-state index is 6.54. The van der Waals surface area contributed by atoms with Crippen LogP contribution in [-0.4, -0.2) is 4.57 Å². The molecule has 0 radical (unpaired) electrons. The molecule has 0 N–H and O–H groups in total. The standard InChI is InChI=1S/C63H43NO.C5H8/c1-3-20-50(45(4-2)41-21-7-5-8-22-41)61-52-29-13-14-30-53(52)62(51-28-12-11-25-46(51)42-23-9-6-10-24-42)57-40-44(36-37-54(57)61)64-58-33-17-15-26-48(58)56-39-43(35-38-59(56)64)47-31-19-32-55-49-27-16-18-34-60(49)65-63(47)55;1-3-5-4-2/h3-40H,1H2,2H3;3-5H,1H2,2H3/b45-4-,50-20+;5-4-. The van der Waals surface area contributed by atoms with E-state index in [4.69, 9.17) is 4.42 Å². The number of para-hydroxylation sites is 3. The van der Waals surface area contributed by atoms with Gasteiger partial charge in [0, 0.05) is 32.8 Å². The molecule has 0 unspecified atom stereocenters. The maximum absolute atomic E-state index is 6.54. The minimum absolute atomic E-state index is 0.903. The van der Waals surface area contributed by atoms with Crippen molar-refractivity contribution in [2.45, 2.75) is 13.8 Å². The van der Waals surface area contributed by atoms with Crippen molar-refractivity contribution >= 4 is 76.4 Å². The van der Waals surface area contributed by atoms with Gasteiger partial charge in [0.05, 0.1) is 11.0 Å². The Morgan fingerprint density at radius 3 is 1.81 bits per heavy atom. The van der Waals surface area contributed by atoms with E-state index >= 15 is 0 Å². The molecule has 0 fully saturated rings. The Bertz CT molecular complexity index is 4040. The molecule has 0 amide bonds. The lowest BCUT2D eigenvalue weighted by Crippen LogP contribution is -1.99. The minimum Gasteiger partial charge on any atom is -0.455 e. The van der Waals surface area contributed by atoms with Gasteiger partial charge in [0.2, 0.25) is 0 Å². The van der Waals surface area contributed by atoms with Crippen molar-refractivity contribution in [1.82, 2.24) is 4.57 Å². The number of nitrogens with zero attached hydrogens (tertiary/aromatic N) is 1. The van der Waals surface area contributed by atoms with Crippen molar-refractivity contribution in [2.75, 3.05) is 0 Å². The normalized spacial score (nSPS) is 12.1. The summed E-state index contributed by atoms with van der Waals surface area (Å²) in [4.78, 5) is 0. The minimum atomic E-state index is 0.903. The molecule has 0 aliphatic carbocycles. The number of rotatable bonds is 9. The molecule has 0 saturated carbocycles. The molecule has 2 heterocycles. The predicted molar refractivity (Wildman–Crippen MR) is 303 cm³/mol. The molecule has 334 valence electrons. The zero-order valence-corrected chi connectivity index (χ0v) is 39.4. The first-order chi connectivity index (χ1) is 34.6. The van der Waals surface area contributed by atoms with Crippen molar-refractivity contribution < 1.29 is 4.42 Å². The SMILES string of the molecule is C=C/C=C(\C(=C/C)c1ccccc1)c1c2ccccc2c(-c2ccccc2-c2ccccc2)c2cc(-n3c4ccccc4c4cc(-c5cccc6c5oc5ccccc56)ccc43)ccc12.C=C/C=C\C. The molecule has 2 nitrogen and oxygen atoms in total. The van der Waals surface area contributed by atoms with Crippen LogP contribution in [0.1, 0.15) is 25.0 Å². The van der Waals surface area contributed by atoms with Crippen LogP contribution in [0.15, 0.2) is 266 Å². The van der Waals surface area contributed by atoms with Crippen LogP contribution < -0.4 is 0 Å². The van der Waals surface area contributed by atoms with Crippen LogP contribution >= 0.6 is 0 Å². The topological polar surface area (TPSA) is 18.1 Å². The quantitative estimate of drug-likeness (QED) is 0.104. The van der Waals surface area contributed by atoms with Gasteiger partial charge in [0.15, 0.2) is 0 Å². The van der Waals surface area contributed by atoms with Crippen molar-refractivity contribution in [3.63, 3.8) is 0 Å². The molecule has 0 saturated heterocycles. The summed E-state index contributed by atoms with van der Waals surface area (Å²) in [5, 5.41) is 9.40. The van der Waals surface area contributed by atoms with Gasteiger partial charge in [-0.1, -0.05) is 226 Å². The largest absolute Gasteiger partial charge is 0.455 e. The Balaban J connectivity index is 0.00000102. The van der Waals surface area contributed by atoms with Gasteiger partial charge >= 0.3 is 0 Å². The molecule has 0 spiro atoms. The first kappa shape index (κ1) is 43.6. The van der Waals surface area contributed by atoms with Crippen molar-refractivity contribution in [3.8, 4) is 39.1 Å². The van der Waals surface area contributed by atoms with Crippen LogP contribution in [0.3, 0.4) is 0 Å². The zero-order chi connectivity index (χ0) is 47.6. The van der Waals surface area contributed by atoms with Crippen LogP contribution in [0.2, 0.25) is 0 Å². The van der Waals surface area contributed by atoms with E-state index in [1.807, 2.05) is 31.2 Å². The zero-order valence-electron chi connectivity index (χ0n) is 39.4. The molecule has 2 heteroatoms. The van der Waals surface area contributed by atoms with Crippen molar-refractivity contribution in [1.29, 1.82) is 0 Å². The van der Waals surface area contributed by atoms with E-state index in [1.54, 1.807) is 6.08 Å². The molecule has 10 aromatic carbocycles. The number of hydrogen-bond acceptors (Lipinski definition) is 1. The fourth-order valence-electron chi connectivity index (χ4n) is 10.5. The van der Waals surface area contributed by atoms with Crippen LogP contribution in [0, 0.1) is 0 Å². The Labute approximate surface area is 409 Å². The first-order valence-electron chi connectivity index (χ1n) is 24.0. The number of hydrogen-bond donors (Lipinski definition) is 0. The van der Waals surface area contributed by atoms with Gasteiger partial charge in [-0.05, 0) is 122 Å². The molecule has 0 atom stereocenters. The molecular weight excluding hydrogens is 847 g/mol. The van der Waals surface area contributed by atoms with E-state index in [9.17, 15) is 0 Å². The highest BCUT2D eigenvalue weighted by Gasteiger charge is 2.23. The van der Waals surface area contributed by atoms with Crippen molar-refractivity contribution in [2.24, 2.45) is 0 Å². The smallest absolute Gasteiger partial charge is 0.143 e. The van der Waals surface area contributed by atoms with Gasteiger partial charge in [-0.2, -0.15) is 0 Å². The van der Waals surface area contributed by atoms with E-state index in [2.05, 4.69) is 243 Å². The van der Waals surface area contributed by atoms with E-state index < -0.39 is 0 Å². The number of aromatic nitrogens is 1. The van der Waals surface area contributed by atoms with Gasteiger partial charge in [0.25, 0.3) is 0 Å². The number of benzene rings is 10. The lowest BCUT2D eigenvalue weighted by Gasteiger charge is -2.23. The fraction of sp³-hybridized carbons (Fsp3) is 0.0294. The van der Waals surface area contributed by atoms with Crippen LogP contribution in [0.5, 0.6) is 0 Å². The van der Waals surface area contributed by atoms with E-state index in [0.29, 0.717) is 0 Å². The lowest BCUT2D eigenvalue weighted by molar-refractivity contribution is 0.670. The fourth-order valence-corrected chi connectivity index (χ4v) is 10.5. The van der Waals surface area contributed by atoms with Gasteiger partial charge in [0.1, 0.15) is 11.2 Å². The second-order valence-corrected chi connectivity index (χ2v) is 17.4. The summed E-state index contributed by atoms with van der Waals surface area (Å²) < 4.78 is 8.98. The molecule has 0 aliphatic heterocycles. The molecular formula is C68H51NO. The maximum Gasteiger partial charge on any atom is 0.143 e. The summed E-state index contributed by atoms with van der Waals surface area (Å²) in [5.41, 5.74) is 16.9. The van der Waals surface area contributed by atoms with Crippen molar-refractivity contribution in [3.05, 3.63) is 273 Å². The van der Waals surface area contributed by atoms with Crippen LogP contribution in [0.4, 0.5) is 0 Å². The number of allylic oxidation sites excluding steroid dienone is 8. The van der Waals surface area contributed by atoms with E-state index in [0.717, 1.165) is 66.5 Å². The Morgan fingerprint density at radius 2 is 1.07 bits per heavy atom. The Hall–Kier alpha value is -8.98. The second-order valence-electron chi connectivity index (χ2n) is 17.4. The molecule has 12 rings (SSSR count). The average molecular weight is 898 g/mol. The van der Waals surface area contributed by atoms with Gasteiger partial charge < -0.3 is 8.98 Å². The lowest BCUT2D eigenvalue weighted by atomic mass is 9.81. The van der Waals surface area contributed by atoms with Crippen LogP contribution in [-0.2, 0) is 0 Å². The summed E-state index contributed by atoms with van der Waals surface area (Å²) in [6, 6.07) is 76.9. The Kier molecular flexibility index (Phi) is 11.8. The van der Waals surface area contributed by atoms with E-state index in [-0.39, 0.29) is 0 Å². The highest BCUT2D eigenvalue weighted by molar-refractivity contribution is 6.25. The first-order valence-corrected chi connectivity index (χ1v) is 24.0. The third kappa shape index (κ3) is 7.57. The molecule has 12 aromatic rings. The number of fused-ring (bicyclic) bond motifs is 8. The molecule has 70 heavy (non-hydrogen) atoms. The van der Waals surface area contributed by atoms with Gasteiger partial charge in [-0.25, -0.2) is 0 Å². The third-order valence-electron chi connectivity index (χ3n) is 13.5. The second kappa shape index (κ2) is 19.0. The summed E-state index contributed by atoms with van der Waals surface area (Å²) in [7, 11) is 0. The summed E-state index contributed by atoms with van der Waals surface area (Å²) in [6.45, 7) is 11.8. The predicted octanol–water partition coefficient (Wildman–Crippen LogP) is 19.4. The van der Waals surface area contributed by atoms with Crippen LogP contribution in [0.25, 0.3) is 116 Å². The van der Waals surface area contributed by atoms with Gasteiger partial charge in [-0.15, -0.1) is 0 Å². The highest BCUT2D eigenvalue weighted by atomic mass is 16.3. The highest BCUT2D eigenvalue weighted by Crippen LogP contribution is 2.48. The summed E-state index contributed by atoms with van der Waals surface area (Å²) in [6.07, 6.45) is 11.9. The average Bonchev–Trinajstić information content (AvgIpc) is 3.97. The molecule has 0 bridgehead atoms. The summed E-state index contributed by atoms with van der Waals surface area (Å²) >= 11 is 0. The monoisotopic (exact) mass is 897 g/mol. The molecule has 0 aliphatic rings. The van der Waals surface area contributed by atoms with E-state index in [1.165, 1.54) is 60.1 Å².